The molecule has 5 nitrogen and oxygen atoms in total. The Kier molecular flexibility index (Phi) is 6.64. The van der Waals surface area contributed by atoms with Gasteiger partial charge in [-0.1, -0.05) is 13.8 Å². The lowest BCUT2D eigenvalue weighted by atomic mass is 10.1. The van der Waals surface area contributed by atoms with Crippen LogP contribution in [0.3, 0.4) is 0 Å². The predicted octanol–water partition coefficient (Wildman–Crippen LogP) is 2.80. The van der Waals surface area contributed by atoms with Crippen LogP contribution in [-0.4, -0.2) is 38.0 Å². The molecule has 1 N–H and O–H groups in total. The molecule has 0 unspecified atom stereocenters. The molecule has 0 radical (unpaired) electrons. The Morgan fingerprint density at radius 2 is 1.79 bits per heavy atom. The summed E-state index contributed by atoms with van der Waals surface area (Å²) in [5.74, 6) is 0.310. The molecule has 0 aromatic heterocycles. The van der Waals surface area contributed by atoms with Gasteiger partial charge in [0.1, 0.15) is 6.54 Å². The Bertz CT molecular complexity index is 548. The van der Waals surface area contributed by atoms with E-state index in [1.807, 2.05) is 24.3 Å². The van der Waals surface area contributed by atoms with E-state index in [9.17, 15) is 9.59 Å². The third kappa shape index (κ3) is 5.25. The molecule has 1 aromatic rings. The van der Waals surface area contributed by atoms with Crippen molar-refractivity contribution in [1.29, 1.82) is 0 Å². The number of nitrogens with zero attached hydrogens (tertiary/aromatic N) is 2. The molecule has 132 valence electrons. The second kappa shape index (κ2) is 8.71. The number of rotatable bonds is 7. The smallest absolute Gasteiger partial charge is 0.240 e. The largest absolute Gasteiger partial charge is 0.372 e. The molecule has 2 rings (SSSR count). The van der Waals surface area contributed by atoms with Gasteiger partial charge in [0.25, 0.3) is 0 Å². The van der Waals surface area contributed by atoms with Gasteiger partial charge in [-0.15, -0.1) is 0 Å². The third-order valence-electron chi connectivity index (χ3n) is 4.36. The highest BCUT2D eigenvalue weighted by Crippen LogP contribution is 2.24. The van der Waals surface area contributed by atoms with Gasteiger partial charge in [-0.2, -0.15) is 0 Å². The highest BCUT2D eigenvalue weighted by molar-refractivity contribution is 5.97. The molecule has 5 heteroatoms. The summed E-state index contributed by atoms with van der Waals surface area (Å²) in [7, 11) is 0. The Hall–Kier alpha value is -2.04. The van der Waals surface area contributed by atoms with Gasteiger partial charge in [-0.25, -0.2) is 0 Å². The highest BCUT2D eigenvalue weighted by atomic mass is 16.2. The maximum absolute atomic E-state index is 12.1. The standard InChI is InChI=1S/C19H29N3O2/c1-15(2)10-11-20-19(24)14-22(16(3)23)18-8-6-17(7-9-18)21-12-4-5-13-21/h6-9,15H,4-5,10-14H2,1-3H3,(H,20,24). The maximum Gasteiger partial charge on any atom is 0.240 e. The Morgan fingerprint density at radius 3 is 2.33 bits per heavy atom. The van der Waals surface area contributed by atoms with E-state index in [-0.39, 0.29) is 18.4 Å². The van der Waals surface area contributed by atoms with Crippen molar-refractivity contribution in [3.63, 3.8) is 0 Å². The van der Waals surface area contributed by atoms with Crippen LogP contribution in [0.25, 0.3) is 0 Å². The molecular weight excluding hydrogens is 302 g/mol. The number of anilines is 2. The van der Waals surface area contributed by atoms with E-state index < -0.39 is 0 Å². The van der Waals surface area contributed by atoms with E-state index in [1.165, 1.54) is 30.4 Å². The zero-order chi connectivity index (χ0) is 17.5. The zero-order valence-corrected chi connectivity index (χ0v) is 15.0. The molecule has 1 fully saturated rings. The summed E-state index contributed by atoms with van der Waals surface area (Å²) in [4.78, 5) is 27.9. The van der Waals surface area contributed by atoms with Crippen molar-refractivity contribution in [3.05, 3.63) is 24.3 Å². The molecule has 1 aliphatic rings. The van der Waals surface area contributed by atoms with Crippen molar-refractivity contribution >= 4 is 23.2 Å². The van der Waals surface area contributed by atoms with E-state index in [1.54, 1.807) is 0 Å². The van der Waals surface area contributed by atoms with Gasteiger partial charge in [0, 0.05) is 37.9 Å². The van der Waals surface area contributed by atoms with E-state index in [0.717, 1.165) is 25.2 Å². The van der Waals surface area contributed by atoms with Crippen LogP contribution in [0, 0.1) is 5.92 Å². The third-order valence-corrected chi connectivity index (χ3v) is 4.36. The van der Waals surface area contributed by atoms with Gasteiger partial charge >= 0.3 is 0 Å². The molecule has 1 aromatic carbocycles. The minimum absolute atomic E-state index is 0.0660. The lowest BCUT2D eigenvalue weighted by molar-refractivity contribution is -0.123. The topological polar surface area (TPSA) is 52.7 Å². The van der Waals surface area contributed by atoms with Crippen LogP contribution in [0.15, 0.2) is 24.3 Å². The fraction of sp³-hybridized carbons (Fsp3) is 0.579. The van der Waals surface area contributed by atoms with Crippen LogP contribution < -0.4 is 15.1 Å². The molecule has 1 heterocycles. The first-order valence-corrected chi connectivity index (χ1v) is 8.87. The average molecular weight is 331 g/mol. The summed E-state index contributed by atoms with van der Waals surface area (Å²) in [5.41, 5.74) is 1.95. The number of hydrogen-bond acceptors (Lipinski definition) is 3. The zero-order valence-electron chi connectivity index (χ0n) is 15.0. The van der Waals surface area contributed by atoms with E-state index >= 15 is 0 Å². The highest BCUT2D eigenvalue weighted by Gasteiger charge is 2.17. The molecule has 1 saturated heterocycles. The summed E-state index contributed by atoms with van der Waals surface area (Å²) in [6.07, 6.45) is 3.41. The quantitative estimate of drug-likeness (QED) is 0.836. The molecule has 0 atom stereocenters. The van der Waals surface area contributed by atoms with Crippen LogP contribution >= 0.6 is 0 Å². The van der Waals surface area contributed by atoms with Crippen molar-refractivity contribution in [2.75, 3.05) is 36.0 Å². The van der Waals surface area contributed by atoms with E-state index in [4.69, 9.17) is 0 Å². The van der Waals surface area contributed by atoms with Crippen molar-refractivity contribution in [1.82, 2.24) is 5.32 Å². The first-order valence-electron chi connectivity index (χ1n) is 8.87. The monoisotopic (exact) mass is 331 g/mol. The number of nitrogens with one attached hydrogen (secondary N) is 1. The minimum atomic E-state index is -0.122. The number of amides is 2. The number of carbonyl (C=O) groups is 2. The van der Waals surface area contributed by atoms with Crippen LogP contribution in [0.2, 0.25) is 0 Å². The summed E-state index contributed by atoms with van der Waals surface area (Å²) in [5, 5.41) is 2.88. The molecule has 0 aliphatic carbocycles. The van der Waals surface area contributed by atoms with Crippen molar-refractivity contribution in [2.45, 2.75) is 40.0 Å². The minimum Gasteiger partial charge on any atom is -0.372 e. The Labute approximate surface area is 145 Å². The van der Waals surface area contributed by atoms with Crippen molar-refractivity contribution in [3.8, 4) is 0 Å². The summed E-state index contributed by atoms with van der Waals surface area (Å²) in [6.45, 7) is 8.64. The summed E-state index contributed by atoms with van der Waals surface area (Å²) in [6, 6.07) is 7.92. The molecule has 0 spiro atoms. The Morgan fingerprint density at radius 1 is 1.17 bits per heavy atom. The number of hydrogen-bond donors (Lipinski definition) is 1. The average Bonchev–Trinajstić information content (AvgIpc) is 3.06. The number of carbonyl (C=O) groups excluding carboxylic acids is 2. The van der Waals surface area contributed by atoms with Gasteiger partial charge in [0.15, 0.2) is 0 Å². The van der Waals surface area contributed by atoms with Crippen LogP contribution in [0.5, 0.6) is 0 Å². The summed E-state index contributed by atoms with van der Waals surface area (Å²) >= 11 is 0. The second-order valence-electron chi connectivity index (χ2n) is 6.85. The molecule has 2 amide bonds. The van der Waals surface area contributed by atoms with Gasteiger partial charge in [-0.3, -0.25) is 9.59 Å². The van der Waals surface area contributed by atoms with E-state index in [2.05, 4.69) is 24.1 Å². The fourth-order valence-electron chi connectivity index (χ4n) is 2.90. The molecule has 0 saturated carbocycles. The normalized spacial score (nSPS) is 14.1. The van der Waals surface area contributed by atoms with Gasteiger partial charge in [0.05, 0.1) is 0 Å². The first-order chi connectivity index (χ1) is 11.5. The maximum atomic E-state index is 12.1. The number of benzene rings is 1. The summed E-state index contributed by atoms with van der Waals surface area (Å²) < 4.78 is 0. The van der Waals surface area contributed by atoms with Crippen molar-refractivity contribution < 1.29 is 9.59 Å². The van der Waals surface area contributed by atoms with Gasteiger partial charge in [0.2, 0.25) is 11.8 Å². The van der Waals surface area contributed by atoms with Crippen LogP contribution in [0.1, 0.15) is 40.0 Å². The lowest BCUT2D eigenvalue weighted by Crippen LogP contribution is -2.40. The molecule has 24 heavy (non-hydrogen) atoms. The SMILES string of the molecule is CC(=O)N(CC(=O)NCCC(C)C)c1ccc(N2CCCC2)cc1. The molecule has 0 bridgehead atoms. The van der Waals surface area contributed by atoms with E-state index in [0.29, 0.717) is 12.5 Å². The lowest BCUT2D eigenvalue weighted by Gasteiger charge is -2.23. The first kappa shape index (κ1) is 18.3. The molecular formula is C19H29N3O2. The molecule has 1 aliphatic heterocycles. The van der Waals surface area contributed by atoms with Gasteiger partial charge < -0.3 is 15.1 Å². The van der Waals surface area contributed by atoms with Crippen LogP contribution in [-0.2, 0) is 9.59 Å². The van der Waals surface area contributed by atoms with Crippen molar-refractivity contribution in [2.24, 2.45) is 5.92 Å². The predicted molar refractivity (Wildman–Crippen MR) is 98.4 cm³/mol. The van der Waals surface area contributed by atoms with Crippen LogP contribution in [0.4, 0.5) is 11.4 Å². The second-order valence-corrected chi connectivity index (χ2v) is 6.85. The van der Waals surface area contributed by atoms with Gasteiger partial charge in [-0.05, 0) is 49.4 Å². The fourth-order valence-corrected chi connectivity index (χ4v) is 2.90. The Balaban J connectivity index is 1.96.